The first-order chi connectivity index (χ1) is 9.25. The van der Waals surface area contributed by atoms with Crippen molar-refractivity contribution < 1.29 is 4.79 Å². The molecule has 1 aromatic rings. The lowest BCUT2D eigenvalue weighted by Gasteiger charge is -2.20. The quantitative estimate of drug-likeness (QED) is 0.830. The number of rotatable bonds is 1. The minimum absolute atomic E-state index is 0. The summed E-state index contributed by atoms with van der Waals surface area (Å²) >= 11 is 0. The van der Waals surface area contributed by atoms with Gasteiger partial charge in [-0.05, 0) is 25.2 Å². The third kappa shape index (κ3) is 2.99. The zero-order chi connectivity index (χ0) is 13.2. The summed E-state index contributed by atoms with van der Waals surface area (Å²) in [5.41, 5.74) is 2.84. The van der Waals surface area contributed by atoms with E-state index in [-0.39, 0.29) is 18.3 Å². The Morgan fingerprint density at radius 3 is 3.05 bits per heavy atom. The van der Waals surface area contributed by atoms with Gasteiger partial charge in [-0.3, -0.25) is 9.89 Å². The lowest BCUT2D eigenvalue weighted by molar-refractivity contribution is 0.0753. The Bertz CT molecular complexity index is 474. The Balaban J connectivity index is 0.00000147. The van der Waals surface area contributed by atoms with Crippen LogP contribution in [0.3, 0.4) is 0 Å². The van der Waals surface area contributed by atoms with Gasteiger partial charge in [-0.2, -0.15) is 5.10 Å². The fourth-order valence-electron chi connectivity index (χ4n) is 3.02. The molecule has 1 aromatic heterocycles. The third-order valence-electron chi connectivity index (χ3n) is 4.31. The molecule has 2 aliphatic heterocycles. The molecule has 2 aliphatic rings. The number of aromatic amines is 1. The Morgan fingerprint density at radius 1 is 1.35 bits per heavy atom. The van der Waals surface area contributed by atoms with E-state index in [1.807, 2.05) is 4.90 Å². The van der Waals surface area contributed by atoms with Crippen LogP contribution in [0.4, 0.5) is 0 Å². The fourth-order valence-corrected chi connectivity index (χ4v) is 3.02. The molecule has 0 spiro atoms. The van der Waals surface area contributed by atoms with E-state index in [1.54, 1.807) is 0 Å². The van der Waals surface area contributed by atoms with E-state index in [2.05, 4.69) is 22.4 Å². The van der Waals surface area contributed by atoms with E-state index in [0.29, 0.717) is 5.69 Å². The number of fused-ring (bicyclic) bond motifs is 1. The highest BCUT2D eigenvalue weighted by Gasteiger charge is 2.26. The second-order valence-corrected chi connectivity index (χ2v) is 5.78. The van der Waals surface area contributed by atoms with E-state index in [0.717, 1.165) is 62.6 Å². The second kappa shape index (κ2) is 6.59. The molecule has 0 aromatic carbocycles. The van der Waals surface area contributed by atoms with Crippen LogP contribution in [0.25, 0.3) is 0 Å². The first-order valence-corrected chi connectivity index (χ1v) is 7.32. The van der Waals surface area contributed by atoms with E-state index in [4.69, 9.17) is 0 Å². The van der Waals surface area contributed by atoms with Gasteiger partial charge in [-0.25, -0.2) is 0 Å². The Labute approximate surface area is 125 Å². The van der Waals surface area contributed by atoms with Crippen LogP contribution in [0.2, 0.25) is 0 Å². The molecular weight excluding hydrogens is 276 g/mol. The van der Waals surface area contributed by atoms with Gasteiger partial charge in [0.1, 0.15) is 0 Å². The summed E-state index contributed by atoms with van der Waals surface area (Å²) in [5.74, 6) is 0.836. The predicted molar refractivity (Wildman–Crippen MR) is 80.2 cm³/mol. The highest BCUT2D eigenvalue weighted by atomic mass is 35.5. The number of nitrogens with one attached hydrogen (secondary N) is 2. The molecule has 1 atom stereocenters. The van der Waals surface area contributed by atoms with Crippen molar-refractivity contribution in [3.05, 3.63) is 17.0 Å². The van der Waals surface area contributed by atoms with Gasteiger partial charge in [0, 0.05) is 43.9 Å². The molecule has 20 heavy (non-hydrogen) atoms. The normalized spacial score (nSPS) is 22.6. The first kappa shape index (κ1) is 15.3. The van der Waals surface area contributed by atoms with Gasteiger partial charge in [0.25, 0.3) is 5.91 Å². The van der Waals surface area contributed by atoms with Crippen LogP contribution in [-0.2, 0) is 13.0 Å². The summed E-state index contributed by atoms with van der Waals surface area (Å²) in [6, 6.07) is 0. The summed E-state index contributed by atoms with van der Waals surface area (Å²) in [4.78, 5) is 14.6. The number of halogens is 1. The fraction of sp³-hybridized carbons (Fsp3) is 0.714. The van der Waals surface area contributed by atoms with Gasteiger partial charge in [0.05, 0.1) is 0 Å². The summed E-state index contributed by atoms with van der Waals surface area (Å²) in [7, 11) is 0. The number of carbonyl (C=O) groups excluding carboxylic acids is 1. The van der Waals surface area contributed by atoms with E-state index < -0.39 is 0 Å². The lowest BCUT2D eigenvalue weighted by atomic mass is 10.0. The van der Waals surface area contributed by atoms with Crippen molar-refractivity contribution in [3.63, 3.8) is 0 Å². The van der Waals surface area contributed by atoms with Gasteiger partial charge in [0.2, 0.25) is 0 Å². The summed E-state index contributed by atoms with van der Waals surface area (Å²) in [6.45, 7) is 5.74. The van der Waals surface area contributed by atoms with Crippen LogP contribution >= 0.6 is 12.4 Å². The molecule has 2 N–H and O–H groups in total. The Morgan fingerprint density at radius 2 is 2.20 bits per heavy atom. The van der Waals surface area contributed by atoms with Crippen LogP contribution in [0, 0.1) is 5.92 Å². The molecule has 0 bridgehead atoms. The summed E-state index contributed by atoms with van der Waals surface area (Å²) < 4.78 is 0. The monoisotopic (exact) mass is 298 g/mol. The molecule has 1 saturated heterocycles. The minimum Gasteiger partial charge on any atom is -0.337 e. The van der Waals surface area contributed by atoms with Crippen molar-refractivity contribution in [2.75, 3.05) is 19.6 Å². The number of nitrogens with zero attached hydrogens (tertiary/aromatic N) is 2. The van der Waals surface area contributed by atoms with Gasteiger partial charge >= 0.3 is 0 Å². The molecule has 0 radical (unpaired) electrons. The van der Waals surface area contributed by atoms with Crippen molar-refractivity contribution in [2.24, 2.45) is 5.92 Å². The Hall–Kier alpha value is -1.07. The maximum absolute atomic E-state index is 12.6. The largest absolute Gasteiger partial charge is 0.337 e. The molecule has 0 aliphatic carbocycles. The summed E-state index contributed by atoms with van der Waals surface area (Å²) in [5, 5.41) is 10.6. The zero-order valence-corrected chi connectivity index (χ0v) is 12.8. The maximum atomic E-state index is 12.6. The molecule has 3 heterocycles. The Kier molecular flexibility index (Phi) is 5.05. The highest BCUT2D eigenvalue weighted by molar-refractivity contribution is 5.94. The average molecular weight is 299 g/mol. The first-order valence-electron chi connectivity index (χ1n) is 7.32. The van der Waals surface area contributed by atoms with E-state index >= 15 is 0 Å². The molecule has 1 fully saturated rings. The zero-order valence-electron chi connectivity index (χ0n) is 11.9. The molecule has 1 amide bonds. The van der Waals surface area contributed by atoms with Gasteiger partial charge in [-0.1, -0.05) is 6.92 Å². The molecule has 1 unspecified atom stereocenters. The topological polar surface area (TPSA) is 61.0 Å². The number of hydrogen-bond acceptors (Lipinski definition) is 3. The van der Waals surface area contributed by atoms with Crippen molar-refractivity contribution in [1.29, 1.82) is 0 Å². The number of aromatic nitrogens is 2. The SMILES string of the molecule is CC1CCCN(C(=O)c2n[nH]c3c2CNCC3)CC1.Cl. The minimum atomic E-state index is 0. The number of hydrogen-bond donors (Lipinski definition) is 2. The van der Waals surface area contributed by atoms with Gasteiger partial charge < -0.3 is 10.2 Å². The van der Waals surface area contributed by atoms with Crippen LogP contribution in [0.15, 0.2) is 0 Å². The molecule has 5 nitrogen and oxygen atoms in total. The second-order valence-electron chi connectivity index (χ2n) is 5.78. The number of likely N-dealkylation sites (tertiary alicyclic amines) is 1. The van der Waals surface area contributed by atoms with Crippen molar-refractivity contribution in [1.82, 2.24) is 20.4 Å². The smallest absolute Gasteiger partial charge is 0.274 e. The van der Waals surface area contributed by atoms with E-state index in [1.165, 1.54) is 6.42 Å². The molecule has 0 saturated carbocycles. The van der Waals surface area contributed by atoms with Crippen LogP contribution in [-0.4, -0.2) is 40.6 Å². The van der Waals surface area contributed by atoms with Crippen molar-refractivity contribution in [2.45, 2.75) is 39.2 Å². The highest BCUT2D eigenvalue weighted by Crippen LogP contribution is 2.21. The number of carbonyl (C=O) groups is 1. The predicted octanol–water partition coefficient (Wildman–Crippen LogP) is 1.74. The van der Waals surface area contributed by atoms with Gasteiger partial charge in [0.15, 0.2) is 5.69 Å². The average Bonchev–Trinajstić information content (AvgIpc) is 2.74. The molecule has 6 heteroatoms. The molecule has 3 rings (SSSR count). The standard InChI is InChI=1S/C14H22N4O.ClH/c1-10-3-2-7-18(8-5-10)14(19)13-11-9-15-6-4-12(11)16-17-13;/h10,15H,2-9H2,1H3,(H,16,17);1H. The van der Waals surface area contributed by atoms with Gasteiger partial charge in [-0.15, -0.1) is 12.4 Å². The lowest BCUT2D eigenvalue weighted by Crippen LogP contribution is -2.34. The van der Waals surface area contributed by atoms with Crippen molar-refractivity contribution in [3.8, 4) is 0 Å². The molecule has 112 valence electrons. The summed E-state index contributed by atoms with van der Waals surface area (Å²) in [6.07, 6.45) is 4.38. The van der Waals surface area contributed by atoms with Crippen molar-refractivity contribution >= 4 is 18.3 Å². The number of H-pyrrole nitrogens is 1. The number of amides is 1. The molecular formula is C14H23ClN4O. The van der Waals surface area contributed by atoms with Crippen LogP contribution in [0.1, 0.15) is 47.9 Å². The third-order valence-corrected chi connectivity index (χ3v) is 4.31. The van der Waals surface area contributed by atoms with E-state index in [9.17, 15) is 4.79 Å². The maximum Gasteiger partial charge on any atom is 0.274 e. The van der Waals surface area contributed by atoms with Crippen LogP contribution < -0.4 is 5.32 Å². The van der Waals surface area contributed by atoms with Crippen LogP contribution in [0.5, 0.6) is 0 Å².